The number of aromatic nitrogens is 5. The van der Waals surface area contributed by atoms with Crippen molar-refractivity contribution >= 4 is 23.4 Å². The van der Waals surface area contributed by atoms with Gasteiger partial charge in [0.15, 0.2) is 5.16 Å². The van der Waals surface area contributed by atoms with Crippen LogP contribution < -0.4 is 5.73 Å². The number of rotatable bonds is 4. The standard InChI is InChI=1S/C9H11ClN6S/c1-16-8(2-11)14-15-9(16)17-5-6-3-13-7(10)4-12-6/h3-4H,2,5,11H2,1H3. The van der Waals surface area contributed by atoms with Crippen LogP contribution in [0, 0.1) is 0 Å². The van der Waals surface area contributed by atoms with Crippen LogP contribution in [0.5, 0.6) is 0 Å². The van der Waals surface area contributed by atoms with Crippen molar-refractivity contribution < 1.29 is 0 Å². The summed E-state index contributed by atoms with van der Waals surface area (Å²) in [6, 6.07) is 0. The number of nitrogens with zero attached hydrogens (tertiary/aromatic N) is 5. The Kier molecular flexibility index (Phi) is 3.93. The summed E-state index contributed by atoms with van der Waals surface area (Å²) in [4.78, 5) is 8.11. The molecule has 2 aromatic heterocycles. The fourth-order valence-electron chi connectivity index (χ4n) is 1.20. The van der Waals surface area contributed by atoms with Crippen molar-refractivity contribution in [3.05, 3.63) is 29.1 Å². The average molecular weight is 271 g/mol. The number of hydrogen-bond acceptors (Lipinski definition) is 6. The molecule has 0 aliphatic rings. The molecule has 8 heteroatoms. The summed E-state index contributed by atoms with van der Waals surface area (Å²) in [6.45, 7) is 0.380. The van der Waals surface area contributed by atoms with Gasteiger partial charge in [0, 0.05) is 12.8 Å². The highest BCUT2D eigenvalue weighted by atomic mass is 35.5. The first-order valence-electron chi connectivity index (χ1n) is 4.88. The van der Waals surface area contributed by atoms with E-state index in [0.29, 0.717) is 17.5 Å². The molecule has 0 aromatic carbocycles. The predicted octanol–water partition coefficient (Wildman–Crippen LogP) is 1.01. The minimum absolute atomic E-state index is 0.380. The fourth-order valence-corrected chi connectivity index (χ4v) is 2.12. The molecule has 0 radical (unpaired) electrons. The Bertz CT molecular complexity index is 497. The lowest BCUT2D eigenvalue weighted by Gasteiger charge is -2.01. The first-order valence-corrected chi connectivity index (χ1v) is 6.24. The van der Waals surface area contributed by atoms with Gasteiger partial charge in [-0.05, 0) is 0 Å². The number of hydrogen-bond donors (Lipinski definition) is 1. The summed E-state index contributed by atoms with van der Waals surface area (Å²) in [5, 5.41) is 9.21. The lowest BCUT2D eigenvalue weighted by Crippen LogP contribution is -2.05. The van der Waals surface area contributed by atoms with Crippen LogP contribution in [0.4, 0.5) is 0 Å². The highest BCUT2D eigenvalue weighted by molar-refractivity contribution is 7.98. The second-order valence-corrected chi connectivity index (χ2v) is 4.61. The van der Waals surface area contributed by atoms with Crippen LogP contribution in [0.3, 0.4) is 0 Å². The van der Waals surface area contributed by atoms with Gasteiger partial charge in [-0.25, -0.2) is 4.98 Å². The highest BCUT2D eigenvalue weighted by Gasteiger charge is 2.08. The van der Waals surface area contributed by atoms with Crippen LogP contribution in [-0.4, -0.2) is 24.7 Å². The normalized spacial score (nSPS) is 10.8. The average Bonchev–Trinajstić information content (AvgIpc) is 2.69. The maximum Gasteiger partial charge on any atom is 0.191 e. The lowest BCUT2D eigenvalue weighted by molar-refractivity contribution is 0.734. The molecule has 90 valence electrons. The van der Waals surface area contributed by atoms with Gasteiger partial charge in [-0.3, -0.25) is 4.98 Å². The van der Waals surface area contributed by atoms with E-state index in [1.165, 1.54) is 18.0 Å². The Morgan fingerprint density at radius 3 is 2.76 bits per heavy atom. The Balaban J connectivity index is 2.02. The molecule has 0 saturated carbocycles. The Labute approximate surface area is 108 Å². The SMILES string of the molecule is Cn1c(CN)nnc1SCc1cnc(Cl)cn1. The summed E-state index contributed by atoms with van der Waals surface area (Å²) in [5.41, 5.74) is 6.36. The van der Waals surface area contributed by atoms with Crippen LogP contribution in [0.15, 0.2) is 17.6 Å². The minimum Gasteiger partial charge on any atom is -0.324 e. The van der Waals surface area contributed by atoms with E-state index in [2.05, 4.69) is 20.2 Å². The zero-order valence-electron chi connectivity index (χ0n) is 9.17. The van der Waals surface area contributed by atoms with Crippen LogP contribution in [0.2, 0.25) is 5.15 Å². The molecule has 0 fully saturated rings. The molecule has 0 amide bonds. The zero-order chi connectivity index (χ0) is 12.3. The smallest absolute Gasteiger partial charge is 0.191 e. The second-order valence-electron chi connectivity index (χ2n) is 3.28. The summed E-state index contributed by atoms with van der Waals surface area (Å²) >= 11 is 7.19. The molecule has 6 nitrogen and oxygen atoms in total. The molecular formula is C9H11ClN6S. The summed E-state index contributed by atoms with van der Waals surface area (Å²) < 4.78 is 1.87. The van der Waals surface area contributed by atoms with E-state index in [1.807, 2.05) is 11.6 Å². The van der Waals surface area contributed by atoms with E-state index in [-0.39, 0.29) is 0 Å². The fraction of sp³-hybridized carbons (Fsp3) is 0.333. The predicted molar refractivity (Wildman–Crippen MR) is 65.5 cm³/mol. The van der Waals surface area contributed by atoms with Gasteiger partial charge in [0.05, 0.1) is 24.6 Å². The minimum atomic E-state index is 0.380. The highest BCUT2D eigenvalue weighted by Crippen LogP contribution is 2.19. The van der Waals surface area contributed by atoms with Crippen LogP contribution in [-0.2, 0) is 19.3 Å². The van der Waals surface area contributed by atoms with Crippen molar-refractivity contribution in [1.29, 1.82) is 0 Å². The van der Waals surface area contributed by atoms with E-state index in [1.54, 1.807) is 6.20 Å². The van der Waals surface area contributed by atoms with Gasteiger partial charge in [-0.15, -0.1) is 10.2 Å². The maximum absolute atomic E-state index is 5.66. The lowest BCUT2D eigenvalue weighted by atomic mass is 10.5. The molecule has 0 spiro atoms. The Morgan fingerprint density at radius 2 is 2.18 bits per heavy atom. The van der Waals surface area contributed by atoms with Crippen LogP contribution in [0.1, 0.15) is 11.5 Å². The van der Waals surface area contributed by atoms with Gasteiger partial charge in [-0.1, -0.05) is 23.4 Å². The van der Waals surface area contributed by atoms with Crippen LogP contribution >= 0.6 is 23.4 Å². The van der Waals surface area contributed by atoms with Crippen molar-refractivity contribution in [2.45, 2.75) is 17.5 Å². The quantitative estimate of drug-likeness (QED) is 0.835. The van der Waals surface area contributed by atoms with Gasteiger partial charge in [0.25, 0.3) is 0 Å². The van der Waals surface area contributed by atoms with E-state index >= 15 is 0 Å². The number of thioether (sulfide) groups is 1. The molecule has 17 heavy (non-hydrogen) atoms. The summed E-state index contributed by atoms with van der Waals surface area (Å²) in [5.74, 6) is 1.43. The summed E-state index contributed by atoms with van der Waals surface area (Å²) in [6.07, 6.45) is 3.18. The topological polar surface area (TPSA) is 82.5 Å². The van der Waals surface area contributed by atoms with Gasteiger partial charge in [0.1, 0.15) is 11.0 Å². The maximum atomic E-state index is 5.66. The largest absolute Gasteiger partial charge is 0.324 e. The van der Waals surface area contributed by atoms with E-state index in [4.69, 9.17) is 17.3 Å². The zero-order valence-corrected chi connectivity index (χ0v) is 10.7. The molecule has 2 aromatic rings. The van der Waals surface area contributed by atoms with Crippen molar-refractivity contribution in [2.75, 3.05) is 0 Å². The molecular weight excluding hydrogens is 260 g/mol. The third kappa shape index (κ3) is 2.93. The second kappa shape index (κ2) is 5.44. The molecule has 0 bridgehead atoms. The van der Waals surface area contributed by atoms with Gasteiger partial charge < -0.3 is 10.3 Å². The van der Waals surface area contributed by atoms with E-state index < -0.39 is 0 Å². The molecule has 0 aliphatic heterocycles. The Morgan fingerprint density at radius 1 is 1.35 bits per heavy atom. The van der Waals surface area contributed by atoms with Gasteiger partial charge in [-0.2, -0.15) is 0 Å². The molecule has 2 heterocycles. The van der Waals surface area contributed by atoms with Gasteiger partial charge >= 0.3 is 0 Å². The Hall–Kier alpha value is -1.18. The number of nitrogens with two attached hydrogens (primary N) is 1. The first-order chi connectivity index (χ1) is 8.20. The molecule has 0 saturated heterocycles. The number of halogens is 1. The molecule has 0 unspecified atom stereocenters. The van der Waals surface area contributed by atoms with Crippen molar-refractivity contribution in [3.63, 3.8) is 0 Å². The molecule has 2 N–H and O–H groups in total. The molecule has 2 rings (SSSR count). The van der Waals surface area contributed by atoms with Crippen molar-refractivity contribution in [1.82, 2.24) is 24.7 Å². The third-order valence-corrected chi connectivity index (χ3v) is 3.38. The van der Waals surface area contributed by atoms with Crippen LogP contribution in [0.25, 0.3) is 0 Å². The summed E-state index contributed by atoms with van der Waals surface area (Å²) in [7, 11) is 1.89. The monoisotopic (exact) mass is 270 g/mol. The first kappa shape index (κ1) is 12.3. The van der Waals surface area contributed by atoms with E-state index in [0.717, 1.165) is 16.7 Å². The molecule has 0 aliphatic carbocycles. The van der Waals surface area contributed by atoms with Gasteiger partial charge in [0.2, 0.25) is 0 Å². The molecule has 0 atom stereocenters. The van der Waals surface area contributed by atoms with E-state index in [9.17, 15) is 0 Å². The van der Waals surface area contributed by atoms with Crippen molar-refractivity contribution in [2.24, 2.45) is 12.8 Å². The van der Waals surface area contributed by atoms with Crippen molar-refractivity contribution in [3.8, 4) is 0 Å². The third-order valence-electron chi connectivity index (χ3n) is 2.13.